The summed E-state index contributed by atoms with van der Waals surface area (Å²) >= 11 is 0. The minimum atomic E-state index is 0.657. The van der Waals surface area contributed by atoms with Crippen molar-refractivity contribution in [2.24, 2.45) is 17.6 Å². The molecule has 0 heterocycles. The number of nitrogens with two attached hydrogens (primary N) is 1. The summed E-state index contributed by atoms with van der Waals surface area (Å²) < 4.78 is 0. The van der Waals surface area contributed by atoms with Crippen molar-refractivity contribution in [2.75, 3.05) is 6.54 Å². The molecule has 2 aromatic carbocycles. The maximum Gasteiger partial charge on any atom is 0.0208 e. The molecule has 0 spiro atoms. The van der Waals surface area contributed by atoms with Gasteiger partial charge in [-0.2, -0.15) is 0 Å². The highest BCUT2D eigenvalue weighted by Crippen LogP contribution is 2.27. The average Bonchev–Trinajstić information content (AvgIpc) is 2.84. The number of nitrogens with one attached hydrogen (secondary N) is 1. The molecule has 0 aromatic heterocycles. The lowest BCUT2D eigenvalue weighted by molar-refractivity contribution is 0.281. The van der Waals surface area contributed by atoms with Crippen molar-refractivity contribution < 1.29 is 0 Å². The van der Waals surface area contributed by atoms with E-state index >= 15 is 0 Å². The van der Waals surface area contributed by atoms with Gasteiger partial charge in [0.15, 0.2) is 0 Å². The van der Waals surface area contributed by atoms with Crippen molar-refractivity contribution >= 4 is 0 Å². The molecule has 0 amide bonds. The lowest BCUT2D eigenvalue weighted by atomic mass is 9.83. The number of benzene rings is 2. The number of hydrogen-bond donors (Lipinski definition) is 2. The largest absolute Gasteiger partial charge is 0.326 e. The Hall–Kier alpha value is -1.64. The third-order valence-electron chi connectivity index (χ3n) is 5.86. The Morgan fingerprint density at radius 3 is 1.81 bits per heavy atom. The van der Waals surface area contributed by atoms with Crippen LogP contribution in [0.25, 0.3) is 0 Å². The molecular weight excluding hydrogens is 376 g/mol. The molecule has 3 rings (SSSR count). The zero-order valence-electron chi connectivity index (χ0n) is 21.5. The van der Waals surface area contributed by atoms with Crippen LogP contribution in [0.3, 0.4) is 0 Å². The molecule has 1 aliphatic rings. The topological polar surface area (TPSA) is 38.0 Å². The van der Waals surface area contributed by atoms with E-state index in [1.165, 1.54) is 54.5 Å². The molecule has 0 saturated heterocycles. The first-order valence-corrected chi connectivity index (χ1v) is 12.7. The van der Waals surface area contributed by atoms with Crippen LogP contribution in [0.1, 0.15) is 89.5 Å². The van der Waals surface area contributed by atoms with E-state index in [4.69, 9.17) is 5.73 Å². The molecule has 176 valence electrons. The summed E-state index contributed by atoms with van der Waals surface area (Å²) in [4.78, 5) is 0. The average molecular weight is 427 g/mol. The van der Waals surface area contributed by atoms with Crippen LogP contribution >= 0.6 is 0 Å². The smallest absolute Gasteiger partial charge is 0.0208 e. The van der Waals surface area contributed by atoms with Gasteiger partial charge in [-0.3, -0.25) is 0 Å². The van der Waals surface area contributed by atoms with Crippen molar-refractivity contribution in [3.8, 4) is 0 Å². The second kappa shape index (κ2) is 19.1. The molecule has 31 heavy (non-hydrogen) atoms. The molecule has 0 radical (unpaired) electrons. The quantitative estimate of drug-likeness (QED) is 0.497. The van der Waals surface area contributed by atoms with E-state index in [2.05, 4.69) is 68.6 Å². The predicted octanol–water partition coefficient (Wildman–Crippen LogP) is 7.67. The van der Waals surface area contributed by atoms with Crippen LogP contribution in [0.4, 0.5) is 0 Å². The van der Waals surface area contributed by atoms with Gasteiger partial charge in [0.1, 0.15) is 0 Å². The second-order valence-corrected chi connectivity index (χ2v) is 8.01. The van der Waals surface area contributed by atoms with Crippen LogP contribution in [-0.4, -0.2) is 6.54 Å². The van der Waals surface area contributed by atoms with E-state index in [0.29, 0.717) is 6.54 Å². The Balaban J connectivity index is 0.000000549. The Morgan fingerprint density at radius 2 is 1.32 bits per heavy atom. The number of rotatable bonds is 6. The minimum absolute atomic E-state index is 0.657. The van der Waals surface area contributed by atoms with Gasteiger partial charge in [-0.05, 0) is 66.8 Å². The van der Waals surface area contributed by atoms with E-state index in [0.717, 1.165) is 24.8 Å². The number of aryl methyl sites for hydroxylation is 2. The van der Waals surface area contributed by atoms with Crippen LogP contribution in [0.5, 0.6) is 0 Å². The predicted molar refractivity (Wildman–Crippen MR) is 140 cm³/mol. The fourth-order valence-corrected chi connectivity index (χ4v) is 3.85. The summed E-state index contributed by atoms with van der Waals surface area (Å²) in [6, 6.07) is 17.0. The van der Waals surface area contributed by atoms with Gasteiger partial charge < -0.3 is 11.1 Å². The third kappa shape index (κ3) is 12.1. The normalized spacial score (nSPS) is 17.2. The first-order chi connectivity index (χ1) is 15.1. The molecule has 0 atom stereocenters. The van der Waals surface area contributed by atoms with Crippen molar-refractivity contribution in [1.82, 2.24) is 5.32 Å². The molecule has 0 unspecified atom stereocenters. The van der Waals surface area contributed by atoms with Crippen molar-refractivity contribution in [2.45, 2.75) is 93.7 Å². The van der Waals surface area contributed by atoms with Crippen LogP contribution in [0, 0.1) is 18.8 Å². The maximum atomic E-state index is 5.53. The summed E-state index contributed by atoms with van der Waals surface area (Å²) in [6.45, 7) is 17.6. The van der Waals surface area contributed by atoms with Gasteiger partial charge in [0.25, 0.3) is 0 Å². The molecule has 1 aliphatic carbocycles. The van der Waals surface area contributed by atoms with E-state index in [-0.39, 0.29) is 0 Å². The maximum absolute atomic E-state index is 5.53. The summed E-state index contributed by atoms with van der Waals surface area (Å²) in [6.07, 6.45) is 6.77. The van der Waals surface area contributed by atoms with Gasteiger partial charge in [-0.25, -0.2) is 0 Å². The SMILES string of the molecule is CC.CC.CCc1ccccc1CN.Cc1ccccc1CNCC1CCC(C)CC1. The summed E-state index contributed by atoms with van der Waals surface area (Å²) in [5.74, 6) is 1.87. The first-order valence-electron chi connectivity index (χ1n) is 12.7. The minimum Gasteiger partial charge on any atom is -0.326 e. The highest BCUT2D eigenvalue weighted by atomic mass is 14.9. The van der Waals surface area contributed by atoms with Gasteiger partial charge in [-0.15, -0.1) is 0 Å². The highest BCUT2D eigenvalue weighted by Gasteiger charge is 2.17. The van der Waals surface area contributed by atoms with Gasteiger partial charge in [0.2, 0.25) is 0 Å². The fourth-order valence-electron chi connectivity index (χ4n) is 3.85. The van der Waals surface area contributed by atoms with Gasteiger partial charge in [0, 0.05) is 13.1 Å². The Bertz CT molecular complexity index is 634. The van der Waals surface area contributed by atoms with E-state index < -0.39 is 0 Å². The fraction of sp³-hybridized carbons (Fsp3) is 0.586. The van der Waals surface area contributed by atoms with Crippen LogP contribution < -0.4 is 11.1 Å². The monoisotopic (exact) mass is 426 g/mol. The lowest BCUT2D eigenvalue weighted by Crippen LogP contribution is -2.25. The highest BCUT2D eigenvalue weighted by molar-refractivity contribution is 5.26. The van der Waals surface area contributed by atoms with E-state index in [1.54, 1.807) is 0 Å². The molecule has 2 nitrogen and oxygen atoms in total. The van der Waals surface area contributed by atoms with Gasteiger partial charge >= 0.3 is 0 Å². The zero-order chi connectivity index (χ0) is 23.5. The van der Waals surface area contributed by atoms with Crippen molar-refractivity contribution in [3.63, 3.8) is 0 Å². The van der Waals surface area contributed by atoms with Crippen LogP contribution in [0.15, 0.2) is 48.5 Å². The third-order valence-corrected chi connectivity index (χ3v) is 5.86. The molecule has 0 aliphatic heterocycles. The van der Waals surface area contributed by atoms with Crippen molar-refractivity contribution in [1.29, 1.82) is 0 Å². The summed E-state index contributed by atoms with van der Waals surface area (Å²) in [7, 11) is 0. The molecule has 3 N–H and O–H groups in total. The molecule has 1 fully saturated rings. The van der Waals surface area contributed by atoms with Crippen LogP contribution in [0.2, 0.25) is 0 Å². The molecule has 2 aromatic rings. The van der Waals surface area contributed by atoms with Gasteiger partial charge in [-0.1, -0.05) is 103 Å². The first kappa shape index (κ1) is 29.4. The Kier molecular flexibility index (Phi) is 18.1. The van der Waals surface area contributed by atoms with Gasteiger partial charge in [0.05, 0.1) is 0 Å². The zero-order valence-corrected chi connectivity index (χ0v) is 21.5. The molecular formula is C29H50N2. The molecule has 0 bridgehead atoms. The standard InChI is InChI=1S/C16H25N.C9H13N.2C2H6/c1-13-7-9-15(10-8-13)11-17-12-16-6-4-3-5-14(16)2;1-2-8-5-3-4-6-9(8)7-10;2*1-2/h3-6,13,15,17H,7-12H2,1-2H3;3-6H,2,7,10H2,1H3;2*1-2H3. The van der Waals surface area contributed by atoms with E-state index in [9.17, 15) is 0 Å². The van der Waals surface area contributed by atoms with Crippen molar-refractivity contribution in [3.05, 3.63) is 70.8 Å². The lowest BCUT2D eigenvalue weighted by Gasteiger charge is -2.26. The Morgan fingerprint density at radius 1 is 0.806 bits per heavy atom. The number of hydrogen-bond acceptors (Lipinski definition) is 2. The van der Waals surface area contributed by atoms with E-state index in [1.807, 2.05) is 33.8 Å². The molecule has 2 heteroatoms. The summed E-state index contributed by atoms with van der Waals surface area (Å²) in [5.41, 5.74) is 11.0. The van der Waals surface area contributed by atoms with Crippen LogP contribution in [-0.2, 0) is 19.5 Å². The second-order valence-electron chi connectivity index (χ2n) is 8.01. The molecule has 1 saturated carbocycles. The Labute approximate surface area is 194 Å². The summed E-state index contributed by atoms with van der Waals surface area (Å²) in [5, 5.41) is 3.63.